The molecule has 0 bridgehead atoms. The molecule has 17 heavy (non-hydrogen) atoms. The summed E-state index contributed by atoms with van der Waals surface area (Å²) in [5, 5.41) is 0.994. The standard InChI is InChI=1S/C12H11Cl2N3/c1-17(11-6-7-15-12(14)16-11)8-9-4-2-3-5-10(9)13/h2-7H,8H2,1H3. The summed E-state index contributed by atoms with van der Waals surface area (Å²) in [6.45, 7) is 0.674. The van der Waals surface area contributed by atoms with Gasteiger partial charge in [-0.25, -0.2) is 9.97 Å². The first-order chi connectivity index (χ1) is 8.16. The minimum Gasteiger partial charge on any atom is -0.355 e. The molecule has 0 spiro atoms. The second-order valence-corrected chi connectivity index (χ2v) is 4.38. The van der Waals surface area contributed by atoms with Crippen LogP contribution in [0, 0.1) is 0 Å². The van der Waals surface area contributed by atoms with Gasteiger partial charge in [0, 0.05) is 24.8 Å². The van der Waals surface area contributed by atoms with Crippen molar-refractivity contribution in [2.75, 3.05) is 11.9 Å². The third kappa shape index (κ3) is 3.08. The van der Waals surface area contributed by atoms with Crippen molar-refractivity contribution in [1.82, 2.24) is 9.97 Å². The van der Waals surface area contributed by atoms with E-state index in [1.807, 2.05) is 42.3 Å². The Labute approximate surface area is 110 Å². The molecule has 0 unspecified atom stereocenters. The number of rotatable bonds is 3. The summed E-state index contributed by atoms with van der Waals surface area (Å²) in [5.74, 6) is 0.768. The lowest BCUT2D eigenvalue weighted by Crippen LogP contribution is -2.18. The zero-order valence-corrected chi connectivity index (χ0v) is 10.8. The Morgan fingerprint density at radius 3 is 2.65 bits per heavy atom. The highest BCUT2D eigenvalue weighted by Crippen LogP contribution is 2.19. The van der Waals surface area contributed by atoms with Crippen molar-refractivity contribution in [2.24, 2.45) is 0 Å². The van der Waals surface area contributed by atoms with E-state index < -0.39 is 0 Å². The first-order valence-corrected chi connectivity index (χ1v) is 5.85. The molecule has 3 nitrogen and oxygen atoms in total. The summed E-state index contributed by atoms with van der Waals surface area (Å²) in [4.78, 5) is 9.95. The van der Waals surface area contributed by atoms with Gasteiger partial charge in [0.2, 0.25) is 5.28 Å². The third-order valence-corrected chi connectivity index (χ3v) is 2.92. The largest absolute Gasteiger partial charge is 0.355 e. The SMILES string of the molecule is CN(Cc1ccccc1Cl)c1ccnc(Cl)n1. The van der Waals surface area contributed by atoms with Crippen LogP contribution in [0.5, 0.6) is 0 Å². The van der Waals surface area contributed by atoms with Crippen LogP contribution in [0.25, 0.3) is 0 Å². The van der Waals surface area contributed by atoms with Gasteiger partial charge in [-0.05, 0) is 29.3 Å². The van der Waals surface area contributed by atoms with Gasteiger partial charge < -0.3 is 4.90 Å². The molecule has 0 atom stereocenters. The molecule has 0 aliphatic heterocycles. The number of nitrogens with zero attached hydrogens (tertiary/aromatic N) is 3. The van der Waals surface area contributed by atoms with Crippen molar-refractivity contribution in [3.63, 3.8) is 0 Å². The molecule has 0 amide bonds. The zero-order chi connectivity index (χ0) is 12.3. The number of hydrogen-bond donors (Lipinski definition) is 0. The minimum atomic E-state index is 0.244. The van der Waals surface area contributed by atoms with Crippen molar-refractivity contribution in [1.29, 1.82) is 0 Å². The first kappa shape index (κ1) is 12.1. The van der Waals surface area contributed by atoms with E-state index in [4.69, 9.17) is 23.2 Å². The molecule has 0 aliphatic carbocycles. The molecule has 2 rings (SSSR count). The van der Waals surface area contributed by atoms with Gasteiger partial charge >= 0.3 is 0 Å². The second-order valence-electron chi connectivity index (χ2n) is 3.63. The van der Waals surface area contributed by atoms with Crippen molar-refractivity contribution in [2.45, 2.75) is 6.54 Å². The highest BCUT2D eigenvalue weighted by molar-refractivity contribution is 6.31. The van der Waals surface area contributed by atoms with Gasteiger partial charge in [-0.2, -0.15) is 0 Å². The number of halogens is 2. The quantitative estimate of drug-likeness (QED) is 0.799. The van der Waals surface area contributed by atoms with Gasteiger partial charge in [-0.1, -0.05) is 29.8 Å². The summed E-state index contributed by atoms with van der Waals surface area (Å²) < 4.78 is 0. The van der Waals surface area contributed by atoms with Crippen LogP contribution in [-0.4, -0.2) is 17.0 Å². The van der Waals surface area contributed by atoms with Crippen LogP contribution in [0.2, 0.25) is 10.3 Å². The summed E-state index contributed by atoms with van der Waals surface area (Å²) in [7, 11) is 1.93. The van der Waals surface area contributed by atoms with Crippen LogP contribution in [0.4, 0.5) is 5.82 Å². The van der Waals surface area contributed by atoms with Gasteiger partial charge in [0.15, 0.2) is 0 Å². The average Bonchev–Trinajstić information content (AvgIpc) is 2.32. The van der Waals surface area contributed by atoms with E-state index in [0.29, 0.717) is 6.54 Å². The van der Waals surface area contributed by atoms with E-state index in [1.165, 1.54) is 0 Å². The summed E-state index contributed by atoms with van der Waals surface area (Å²) in [6, 6.07) is 9.54. The van der Waals surface area contributed by atoms with Crippen molar-refractivity contribution >= 4 is 29.0 Å². The van der Waals surface area contributed by atoms with Crippen LogP contribution in [-0.2, 0) is 6.54 Å². The highest BCUT2D eigenvalue weighted by atomic mass is 35.5. The molecule has 2 aromatic rings. The molecule has 0 N–H and O–H groups in total. The monoisotopic (exact) mass is 267 g/mol. The number of anilines is 1. The Hall–Kier alpha value is -1.32. The Kier molecular flexibility index (Phi) is 3.82. The Balaban J connectivity index is 2.17. The number of benzene rings is 1. The van der Waals surface area contributed by atoms with Crippen LogP contribution in [0.3, 0.4) is 0 Å². The molecule has 1 heterocycles. The van der Waals surface area contributed by atoms with E-state index in [-0.39, 0.29) is 5.28 Å². The van der Waals surface area contributed by atoms with E-state index >= 15 is 0 Å². The maximum Gasteiger partial charge on any atom is 0.224 e. The lowest BCUT2D eigenvalue weighted by Gasteiger charge is -2.18. The molecule has 0 saturated heterocycles. The predicted molar refractivity (Wildman–Crippen MR) is 70.6 cm³/mol. The van der Waals surface area contributed by atoms with Crippen LogP contribution in [0.15, 0.2) is 36.5 Å². The van der Waals surface area contributed by atoms with E-state index in [9.17, 15) is 0 Å². The summed E-state index contributed by atoms with van der Waals surface area (Å²) in [6.07, 6.45) is 1.63. The lowest BCUT2D eigenvalue weighted by atomic mass is 10.2. The molecule has 88 valence electrons. The van der Waals surface area contributed by atoms with Crippen LogP contribution >= 0.6 is 23.2 Å². The average molecular weight is 268 g/mol. The van der Waals surface area contributed by atoms with E-state index in [1.54, 1.807) is 6.20 Å². The fraction of sp³-hybridized carbons (Fsp3) is 0.167. The molecule has 5 heteroatoms. The van der Waals surface area contributed by atoms with Crippen molar-refractivity contribution in [3.05, 3.63) is 52.4 Å². The molecule has 1 aromatic heterocycles. The smallest absolute Gasteiger partial charge is 0.224 e. The maximum atomic E-state index is 6.10. The van der Waals surface area contributed by atoms with Gasteiger partial charge in [0.25, 0.3) is 0 Å². The fourth-order valence-corrected chi connectivity index (χ4v) is 1.84. The number of aromatic nitrogens is 2. The van der Waals surface area contributed by atoms with Gasteiger partial charge in [0.05, 0.1) is 0 Å². The van der Waals surface area contributed by atoms with E-state index in [0.717, 1.165) is 16.4 Å². The van der Waals surface area contributed by atoms with Crippen LogP contribution < -0.4 is 4.90 Å². The predicted octanol–water partition coefficient (Wildman–Crippen LogP) is 3.42. The Morgan fingerprint density at radius 1 is 1.18 bits per heavy atom. The maximum absolute atomic E-state index is 6.10. The molecular formula is C12H11Cl2N3. The van der Waals surface area contributed by atoms with Crippen LogP contribution in [0.1, 0.15) is 5.56 Å². The Morgan fingerprint density at radius 2 is 1.94 bits per heavy atom. The summed E-state index contributed by atoms with van der Waals surface area (Å²) in [5.41, 5.74) is 1.05. The van der Waals surface area contributed by atoms with Crippen molar-refractivity contribution in [3.8, 4) is 0 Å². The third-order valence-electron chi connectivity index (χ3n) is 2.37. The number of hydrogen-bond acceptors (Lipinski definition) is 3. The Bertz CT molecular complexity index is 517. The molecule has 0 saturated carbocycles. The van der Waals surface area contributed by atoms with Gasteiger partial charge in [-0.3, -0.25) is 0 Å². The summed E-state index contributed by atoms with van der Waals surface area (Å²) >= 11 is 11.8. The fourth-order valence-electron chi connectivity index (χ4n) is 1.50. The zero-order valence-electron chi connectivity index (χ0n) is 9.27. The molecular weight excluding hydrogens is 257 g/mol. The molecule has 1 aromatic carbocycles. The first-order valence-electron chi connectivity index (χ1n) is 5.10. The van der Waals surface area contributed by atoms with Gasteiger partial charge in [-0.15, -0.1) is 0 Å². The van der Waals surface area contributed by atoms with E-state index in [2.05, 4.69) is 9.97 Å². The highest BCUT2D eigenvalue weighted by Gasteiger charge is 2.06. The topological polar surface area (TPSA) is 29.0 Å². The second kappa shape index (κ2) is 5.34. The van der Waals surface area contributed by atoms with Crippen molar-refractivity contribution < 1.29 is 0 Å². The molecule has 0 fully saturated rings. The lowest BCUT2D eigenvalue weighted by molar-refractivity contribution is 0.891. The van der Waals surface area contributed by atoms with Gasteiger partial charge in [0.1, 0.15) is 5.82 Å². The minimum absolute atomic E-state index is 0.244. The molecule has 0 aliphatic rings. The molecule has 0 radical (unpaired) electrons. The normalized spacial score (nSPS) is 10.3.